The molecule has 18 heteroatoms. The van der Waals surface area contributed by atoms with Gasteiger partial charge in [0.2, 0.25) is 17.7 Å². The van der Waals surface area contributed by atoms with Crippen LogP contribution in [0.2, 0.25) is 0 Å². The van der Waals surface area contributed by atoms with Gasteiger partial charge in [-0.2, -0.15) is 0 Å². The van der Waals surface area contributed by atoms with Gasteiger partial charge in [0.1, 0.15) is 42.8 Å². The third kappa shape index (κ3) is 14.9. The van der Waals surface area contributed by atoms with Crippen LogP contribution in [0.3, 0.4) is 0 Å². The SMILES string of the molecule is CCCCc1ccc(-c2ccc(C(=O)NCC(=O)N(C)C3C(=O)N[C@@H](C)C(=O)NC(C(=O)NS(N)=O)Cc4ccc(OCCN)c(c4)-c4cc3ccc4OCCN)cc2)cc1.CCCN. The van der Waals surface area contributed by atoms with Gasteiger partial charge in [-0.05, 0) is 96.9 Å². The molecule has 0 radical (unpaired) electrons. The molecule has 1 aliphatic rings. The number of aryl methyl sites for hydroxylation is 1. The van der Waals surface area contributed by atoms with E-state index in [9.17, 15) is 28.2 Å². The molecule has 12 N–H and O–H groups in total. The number of unbranched alkanes of at least 4 members (excludes halogenated alkanes) is 1. The number of carbonyl (C=O) groups is 5. The number of nitrogens with two attached hydrogens (primary N) is 4. The standard InChI is InChI=1S/C44H54N8O8S.C3H9N/c1-4-5-6-28-7-10-30(11-8-28)31-12-14-32(15-13-31)42(55)48-26-39(53)52(3)40-33-16-18-38(60-22-20-46)35(25-33)34-23-29(9-17-37(34)59-21-19-45)24-36(43(56)51-61(47)58)50-41(54)27(2)49-44(40)57;1-2-3-4/h7-18,23,25,27,36,40H,4-6,19-22,24,26,45-47H2,1-3H3,(H,48,55)(H,49,57)(H,50,54)(H,51,56);2-4H2,1H3/t27-,36?,40?,61?;/m0./s1. The lowest BCUT2D eigenvalue weighted by Crippen LogP contribution is -2.55. The van der Waals surface area contributed by atoms with Crippen LogP contribution < -0.4 is 52.5 Å². The summed E-state index contributed by atoms with van der Waals surface area (Å²) in [6.45, 7) is 6.68. The summed E-state index contributed by atoms with van der Waals surface area (Å²) in [6.07, 6.45) is 4.30. The summed E-state index contributed by atoms with van der Waals surface area (Å²) < 4.78 is 26.0. The van der Waals surface area contributed by atoms with Gasteiger partial charge in [-0.15, -0.1) is 0 Å². The number of likely N-dealkylation sites (N-methyl/N-ethyl adjacent to an activating group) is 1. The first-order chi connectivity index (χ1) is 31.2. The fraction of sp³-hybridized carbons (Fsp3) is 0.383. The van der Waals surface area contributed by atoms with E-state index < -0.39 is 65.4 Å². The first-order valence-electron chi connectivity index (χ1n) is 21.7. The second-order valence-corrected chi connectivity index (χ2v) is 16.2. The van der Waals surface area contributed by atoms with Crippen molar-refractivity contribution in [1.82, 2.24) is 25.6 Å². The molecule has 0 fully saturated rings. The zero-order valence-electron chi connectivity index (χ0n) is 37.5. The third-order valence-corrected chi connectivity index (χ3v) is 10.8. The summed E-state index contributed by atoms with van der Waals surface area (Å²) >= 11 is -2.23. The Morgan fingerprint density at radius 3 is 1.94 bits per heavy atom. The molecule has 65 heavy (non-hydrogen) atoms. The van der Waals surface area contributed by atoms with Gasteiger partial charge in [-0.3, -0.25) is 28.7 Å². The van der Waals surface area contributed by atoms with E-state index in [0.29, 0.717) is 39.3 Å². The van der Waals surface area contributed by atoms with Gasteiger partial charge in [0.05, 0.1) is 6.54 Å². The number of carbonyl (C=O) groups excluding carboxylic acids is 5. The minimum Gasteiger partial charge on any atom is -0.492 e. The Morgan fingerprint density at radius 1 is 0.785 bits per heavy atom. The van der Waals surface area contributed by atoms with Crippen LogP contribution in [0.1, 0.15) is 73.1 Å². The van der Waals surface area contributed by atoms with Crippen LogP contribution in [0.4, 0.5) is 0 Å². The lowest BCUT2D eigenvalue weighted by molar-refractivity contribution is -0.139. The molecule has 0 saturated carbocycles. The first kappa shape index (κ1) is 51.5. The van der Waals surface area contributed by atoms with E-state index in [1.54, 1.807) is 48.5 Å². The number of hydrogen-bond acceptors (Lipinski definition) is 11. The molecule has 0 spiro atoms. The Morgan fingerprint density at radius 2 is 1.37 bits per heavy atom. The lowest BCUT2D eigenvalue weighted by atomic mass is 9.93. The van der Waals surface area contributed by atoms with Gasteiger partial charge in [0.15, 0.2) is 11.2 Å². The molecule has 1 heterocycles. The Hall–Kier alpha value is -6.18. The van der Waals surface area contributed by atoms with Crippen molar-refractivity contribution < 1.29 is 37.7 Å². The van der Waals surface area contributed by atoms with Crippen molar-refractivity contribution >= 4 is 40.7 Å². The van der Waals surface area contributed by atoms with E-state index >= 15 is 0 Å². The molecule has 17 nitrogen and oxygen atoms in total. The molecule has 350 valence electrons. The van der Waals surface area contributed by atoms with Crippen LogP contribution in [-0.4, -0.2) is 97.2 Å². The third-order valence-electron chi connectivity index (χ3n) is 10.4. The van der Waals surface area contributed by atoms with Gasteiger partial charge in [0.25, 0.3) is 11.8 Å². The molecule has 0 aromatic heterocycles. The van der Waals surface area contributed by atoms with Crippen LogP contribution in [0, 0.1) is 0 Å². The Bertz CT molecular complexity index is 2260. The minimum absolute atomic E-state index is 0.0685. The van der Waals surface area contributed by atoms with E-state index in [2.05, 4.69) is 58.8 Å². The van der Waals surface area contributed by atoms with Crippen LogP contribution >= 0.6 is 0 Å². The molecule has 0 aliphatic carbocycles. The van der Waals surface area contributed by atoms with Crippen molar-refractivity contribution in [2.45, 2.75) is 71.0 Å². The maximum Gasteiger partial charge on any atom is 0.255 e. The molecule has 4 bridgehead atoms. The summed E-state index contributed by atoms with van der Waals surface area (Å²) in [5.41, 5.74) is 22.0. The summed E-state index contributed by atoms with van der Waals surface area (Å²) in [5.74, 6) is -2.65. The van der Waals surface area contributed by atoms with Crippen molar-refractivity contribution in [3.63, 3.8) is 0 Å². The van der Waals surface area contributed by atoms with Crippen LogP contribution in [0.25, 0.3) is 22.3 Å². The summed E-state index contributed by atoms with van der Waals surface area (Å²) in [6, 6.07) is 21.6. The van der Waals surface area contributed by atoms with E-state index in [0.717, 1.165) is 43.4 Å². The molecule has 3 unspecified atom stereocenters. The van der Waals surface area contributed by atoms with Gasteiger partial charge < -0.3 is 47.5 Å². The van der Waals surface area contributed by atoms with E-state index in [1.165, 1.54) is 24.4 Å². The first-order valence-corrected chi connectivity index (χ1v) is 22.9. The summed E-state index contributed by atoms with van der Waals surface area (Å²) in [5, 5.41) is 13.3. The normalized spacial score (nSPS) is 16.3. The number of benzene rings is 4. The fourth-order valence-electron chi connectivity index (χ4n) is 6.84. The average Bonchev–Trinajstić information content (AvgIpc) is 3.31. The minimum atomic E-state index is -2.23. The Labute approximate surface area is 383 Å². The van der Waals surface area contributed by atoms with Crippen molar-refractivity contribution in [2.75, 3.05) is 46.4 Å². The van der Waals surface area contributed by atoms with Crippen molar-refractivity contribution in [2.24, 2.45) is 22.3 Å². The molecular formula is C47H63N9O8S. The zero-order valence-corrected chi connectivity index (χ0v) is 38.3. The highest BCUT2D eigenvalue weighted by Gasteiger charge is 2.33. The number of nitrogens with one attached hydrogen (secondary N) is 4. The summed E-state index contributed by atoms with van der Waals surface area (Å²) in [4.78, 5) is 69.3. The average molecular weight is 914 g/mol. The van der Waals surface area contributed by atoms with Gasteiger partial charge in [0, 0.05) is 43.2 Å². The molecule has 1 aliphatic heterocycles. The maximum absolute atomic E-state index is 14.3. The van der Waals surface area contributed by atoms with E-state index in [4.69, 9.17) is 31.8 Å². The number of nitrogens with zero attached hydrogens (tertiary/aromatic N) is 1. The fourth-order valence-corrected chi connectivity index (χ4v) is 7.18. The second kappa shape index (κ2) is 25.9. The van der Waals surface area contributed by atoms with Crippen molar-refractivity contribution in [1.29, 1.82) is 0 Å². The quantitative estimate of drug-likeness (QED) is 0.0762. The number of rotatable bonds is 17. The highest BCUT2D eigenvalue weighted by molar-refractivity contribution is 7.81. The van der Waals surface area contributed by atoms with E-state index in [-0.39, 0.29) is 32.7 Å². The van der Waals surface area contributed by atoms with Crippen molar-refractivity contribution in [3.05, 3.63) is 107 Å². The smallest absolute Gasteiger partial charge is 0.255 e. The maximum atomic E-state index is 14.3. The van der Waals surface area contributed by atoms with Gasteiger partial charge in [-0.25, -0.2) is 9.35 Å². The Balaban J connectivity index is 0.00000222. The van der Waals surface area contributed by atoms with Crippen LogP contribution in [-0.2, 0) is 43.2 Å². The number of hydrogen-bond donors (Lipinski definition) is 8. The van der Waals surface area contributed by atoms with Gasteiger partial charge in [-0.1, -0.05) is 68.8 Å². The molecule has 5 rings (SSSR count). The second-order valence-electron chi connectivity index (χ2n) is 15.4. The van der Waals surface area contributed by atoms with E-state index in [1.807, 2.05) is 12.1 Å². The lowest BCUT2D eigenvalue weighted by Gasteiger charge is -2.30. The molecule has 0 saturated heterocycles. The largest absolute Gasteiger partial charge is 0.492 e. The number of fused-ring (bicyclic) bond motifs is 5. The predicted octanol–water partition coefficient (Wildman–Crippen LogP) is 2.52. The topological polar surface area (TPSA) is 276 Å². The van der Waals surface area contributed by atoms with Crippen LogP contribution in [0.5, 0.6) is 11.5 Å². The molecule has 5 amide bonds. The monoisotopic (exact) mass is 913 g/mol. The molecule has 4 aromatic rings. The van der Waals surface area contributed by atoms with Crippen molar-refractivity contribution in [3.8, 4) is 33.8 Å². The molecule has 4 atom stereocenters. The highest BCUT2D eigenvalue weighted by atomic mass is 32.2. The predicted molar refractivity (Wildman–Crippen MR) is 252 cm³/mol. The number of ether oxygens (including phenoxy) is 2. The summed E-state index contributed by atoms with van der Waals surface area (Å²) in [7, 11) is 1.41. The van der Waals surface area contributed by atoms with Crippen LogP contribution in [0.15, 0.2) is 84.9 Å². The number of amides is 5. The highest BCUT2D eigenvalue weighted by Crippen LogP contribution is 2.40. The molecular weight excluding hydrogens is 851 g/mol. The Kier molecular flexibility index (Phi) is 20.5. The van der Waals surface area contributed by atoms with Gasteiger partial charge >= 0.3 is 0 Å². The zero-order chi connectivity index (χ0) is 47.5. The molecule has 4 aromatic carbocycles.